The van der Waals surface area contributed by atoms with Crippen LogP contribution in [0.1, 0.15) is 23.2 Å². The van der Waals surface area contributed by atoms with E-state index in [2.05, 4.69) is 71.6 Å². The second kappa shape index (κ2) is 7.92. The topological polar surface area (TPSA) is 53.1 Å². The van der Waals surface area contributed by atoms with Crippen molar-refractivity contribution in [2.75, 3.05) is 37.8 Å². The van der Waals surface area contributed by atoms with Gasteiger partial charge >= 0.3 is 0 Å². The number of rotatable bonds is 7. The second-order valence-electron chi connectivity index (χ2n) is 6.30. The number of aryl methyl sites for hydroxylation is 3. The van der Waals surface area contributed by atoms with Crippen molar-refractivity contribution in [3.63, 3.8) is 0 Å². The van der Waals surface area contributed by atoms with Gasteiger partial charge in [0.2, 0.25) is 5.95 Å². The fourth-order valence-electron chi connectivity index (χ4n) is 2.50. The summed E-state index contributed by atoms with van der Waals surface area (Å²) in [6, 6.07) is 8.36. The minimum Gasteiger partial charge on any atom is -0.354 e. The Kier molecular flexibility index (Phi) is 5.93. The van der Waals surface area contributed by atoms with Gasteiger partial charge in [-0.2, -0.15) is 4.98 Å². The second-order valence-corrected chi connectivity index (χ2v) is 6.30. The average molecular weight is 313 g/mol. The van der Waals surface area contributed by atoms with E-state index in [-0.39, 0.29) is 0 Å². The first-order chi connectivity index (χ1) is 10.9. The first-order valence-electron chi connectivity index (χ1n) is 8.02. The molecular weight excluding hydrogens is 286 g/mol. The first kappa shape index (κ1) is 17.2. The maximum atomic E-state index is 4.56. The van der Waals surface area contributed by atoms with Crippen LogP contribution in [0.3, 0.4) is 0 Å². The molecule has 5 nitrogen and oxygen atoms in total. The SMILES string of the molecule is Cc1cc(C)cc(Nc2cc(C)nc(NCCCN(C)C)n2)c1. The van der Waals surface area contributed by atoms with Crippen LogP contribution in [-0.4, -0.2) is 42.1 Å². The summed E-state index contributed by atoms with van der Waals surface area (Å²) in [6.07, 6.45) is 1.06. The van der Waals surface area contributed by atoms with Crippen molar-refractivity contribution in [1.29, 1.82) is 0 Å². The van der Waals surface area contributed by atoms with E-state index in [1.807, 2.05) is 13.0 Å². The highest BCUT2D eigenvalue weighted by Gasteiger charge is 2.04. The lowest BCUT2D eigenvalue weighted by atomic mass is 10.1. The molecular formula is C18H27N5. The van der Waals surface area contributed by atoms with Crippen molar-refractivity contribution in [2.24, 2.45) is 0 Å². The molecule has 0 bridgehead atoms. The first-order valence-corrected chi connectivity index (χ1v) is 8.02. The summed E-state index contributed by atoms with van der Waals surface area (Å²) in [5, 5.41) is 6.68. The van der Waals surface area contributed by atoms with Gasteiger partial charge in [-0.15, -0.1) is 0 Å². The summed E-state index contributed by atoms with van der Waals surface area (Å²) < 4.78 is 0. The standard InChI is InChI=1S/C18H27N5/c1-13-9-14(2)11-16(10-13)21-17-12-15(3)20-18(22-17)19-7-6-8-23(4)5/h9-12H,6-8H2,1-5H3,(H2,19,20,21,22). The molecule has 0 spiro atoms. The van der Waals surface area contributed by atoms with Crippen molar-refractivity contribution in [2.45, 2.75) is 27.2 Å². The molecule has 0 atom stereocenters. The Hall–Kier alpha value is -2.14. The molecule has 0 aliphatic carbocycles. The molecule has 23 heavy (non-hydrogen) atoms. The number of anilines is 3. The molecule has 1 aromatic carbocycles. The van der Waals surface area contributed by atoms with Crippen molar-refractivity contribution in [3.05, 3.63) is 41.1 Å². The lowest BCUT2D eigenvalue weighted by Gasteiger charge is -2.12. The molecule has 0 unspecified atom stereocenters. The minimum absolute atomic E-state index is 0.677. The number of benzene rings is 1. The molecule has 0 fully saturated rings. The van der Waals surface area contributed by atoms with Crippen molar-refractivity contribution >= 4 is 17.5 Å². The van der Waals surface area contributed by atoms with Crippen LogP contribution in [0.4, 0.5) is 17.5 Å². The molecule has 0 aliphatic heterocycles. The van der Waals surface area contributed by atoms with Crippen LogP contribution in [0.25, 0.3) is 0 Å². The van der Waals surface area contributed by atoms with Gasteiger partial charge in [0.25, 0.3) is 0 Å². The molecule has 0 saturated heterocycles. The molecule has 124 valence electrons. The largest absolute Gasteiger partial charge is 0.354 e. The number of nitrogens with zero attached hydrogens (tertiary/aromatic N) is 3. The quantitative estimate of drug-likeness (QED) is 0.766. The van der Waals surface area contributed by atoms with Gasteiger partial charge in [0.1, 0.15) is 5.82 Å². The molecule has 0 amide bonds. The van der Waals surface area contributed by atoms with Gasteiger partial charge in [0.05, 0.1) is 0 Å². The summed E-state index contributed by atoms with van der Waals surface area (Å²) in [6.45, 7) is 8.10. The third kappa shape index (κ3) is 5.87. The van der Waals surface area contributed by atoms with Gasteiger partial charge < -0.3 is 15.5 Å². The Bertz CT molecular complexity index is 632. The predicted molar refractivity (Wildman–Crippen MR) is 97.6 cm³/mol. The van der Waals surface area contributed by atoms with Crippen LogP contribution in [0, 0.1) is 20.8 Å². The summed E-state index contributed by atoms with van der Waals surface area (Å²) in [5.74, 6) is 1.49. The molecule has 1 heterocycles. The van der Waals surface area contributed by atoms with Crippen molar-refractivity contribution < 1.29 is 0 Å². The average Bonchev–Trinajstić information content (AvgIpc) is 2.41. The zero-order valence-corrected chi connectivity index (χ0v) is 14.8. The van der Waals surface area contributed by atoms with Crippen molar-refractivity contribution in [1.82, 2.24) is 14.9 Å². The molecule has 2 aromatic rings. The minimum atomic E-state index is 0.677. The van der Waals surface area contributed by atoms with E-state index in [0.29, 0.717) is 5.95 Å². The smallest absolute Gasteiger partial charge is 0.224 e. The van der Waals surface area contributed by atoms with E-state index >= 15 is 0 Å². The number of hydrogen-bond acceptors (Lipinski definition) is 5. The van der Waals surface area contributed by atoms with Gasteiger partial charge in [-0.05, 0) is 71.1 Å². The van der Waals surface area contributed by atoms with Crippen molar-refractivity contribution in [3.8, 4) is 0 Å². The van der Waals surface area contributed by atoms with E-state index in [1.54, 1.807) is 0 Å². The predicted octanol–water partition coefficient (Wildman–Crippen LogP) is 3.51. The highest BCUT2D eigenvalue weighted by molar-refractivity contribution is 5.59. The number of nitrogens with one attached hydrogen (secondary N) is 2. The normalized spacial score (nSPS) is 10.9. The number of hydrogen-bond donors (Lipinski definition) is 2. The van der Waals surface area contributed by atoms with Crippen LogP contribution in [-0.2, 0) is 0 Å². The van der Waals surface area contributed by atoms with E-state index in [9.17, 15) is 0 Å². The Morgan fingerprint density at radius 1 is 0.957 bits per heavy atom. The maximum absolute atomic E-state index is 4.56. The zero-order chi connectivity index (χ0) is 16.8. The third-order valence-corrected chi connectivity index (χ3v) is 3.41. The van der Waals surface area contributed by atoms with Gasteiger partial charge in [0, 0.05) is 24.0 Å². The molecule has 0 radical (unpaired) electrons. The van der Waals surface area contributed by atoms with E-state index in [4.69, 9.17) is 0 Å². The zero-order valence-electron chi connectivity index (χ0n) is 14.8. The summed E-state index contributed by atoms with van der Waals surface area (Å²) in [5.41, 5.74) is 4.47. The fraction of sp³-hybridized carbons (Fsp3) is 0.444. The lowest BCUT2D eigenvalue weighted by Crippen LogP contribution is -2.17. The van der Waals surface area contributed by atoms with Crippen LogP contribution < -0.4 is 10.6 Å². The van der Waals surface area contributed by atoms with Crippen LogP contribution in [0.5, 0.6) is 0 Å². The van der Waals surface area contributed by atoms with Gasteiger partial charge in [-0.25, -0.2) is 4.98 Å². The van der Waals surface area contributed by atoms with E-state index in [0.717, 1.165) is 36.7 Å². The van der Waals surface area contributed by atoms with Crippen LogP contribution >= 0.6 is 0 Å². The lowest BCUT2D eigenvalue weighted by molar-refractivity contribution is 0.405. The highest BCUT2D eigenvalue weighted by atomic mass is 15.1. The molecule has 0 saturated carbocycles. The monoisotopic (exact) mass is 313 g/mol. The maximum Gasteiger partial charge on any atom is 0.224 e. The molecule has 5 heteroatoms. The highest BCUT2D eigenvalue weighted by Crippen LogP contribution is 2.19. The van der Waals surface area contributed by atoms with Gasteiger partial charge in [-0.1, -0.05) is 6.07 Å². The Morgan fingerprint density at radius 3 is 2.30 bits per heavy atom. The molecule has 2 rings (SSSR count). The molecule has 2 N–H and O–H groups in total. The molecule has 0 aliphatic rings. The Balaban J connectivity index is 2.04. The summed E-state index contributed by atoms with van der Waals surface area (Å²) in [7, 11) is 4.16. The van der Waals surface area contributed by atoms with Gasteiger partial charge in [-0.3, -0.25) is 0 Å². The van der Waals surface area contributed by atoms with Crippen LogP contribution in [0.15, 0.2) is 24.3 Å². The Labute approximate surface area is 139 Å². The number of aromatic nitrogens is 2. The van der Waals surface area contributed by atoms with Gasteiger partial charge in [0.15, 0.2) is 0 Å². The summed E-state index contributed by atoms with van der Waals surface area (Å²) >= 11 is 0. The Morgan fingerprint density at radius 2 is 1.65 bits per heavy atom. The molecule has 1 aromatic heterocycles. The van der Waals surface area contributed by atoms with E-state index in [1.165, 1.54) is 11.1 Å². The third-order valence-electron chi connectivity index (χ3n) is 3.41. The fourth-order valence-corrected chi connectivity index (χ4v) is 2.50. The van der Waals surface area contributed by atoms with E-state index < -0.39 is 0 Å². The van der Waals surface area contributed by atoms with Crippen LogP contribution in [0.2, 0.25) is 0 Å². The summed E-state index contributed by atoms with van der Waals surface area (Å²) in [4.78, 5) is 11.2.